The van der Waals surface area contributed by atoms with Gasteiger partial charge in [0, 0.05) is 7.05 Å². The maximum absolute atomic E-state index is 11.6. The second kappa shape index (κ2) is 4.78. The average molecular weight is 232 g/mol. The Bertz CT molecular complexity index is 539. The second-order valence-electron chi connectivity index (χ2n) is 3.28. The lowest BCUT2D eigenvalue weighted by molar-refractivity contribution is -0.135. The normalized spacial score (nSPS) is 11.8. The highest BCUT2D eigenvalue weighted by Crippen LogP contribution is 2.15. The number of rotatable bonds is 3. The molecule has 0 amide bonds. The van der Waals surface area contributed by atoms with Gasteiger partial charge in [-0.25, -0.2) is 9.78 Å². The third-order valence-corrected chi connectivity index (χ3v) is 2.19. The van der Waals surface area contributed by atoms with E-state index >= 15 is 0 Å². The van der Waals surface area contributed by atoms with Crippen LogP contribution in [0, 0.1) is 0 Å². The number of benzene rings is 1. The van der Waals surface area contributed by atoms with Crippen LogP contribution < -0.4 is 0 Å². The standard InChI is InChI=1S/C12H12N2O3/c1-3-16-12(15)10(13-2)11-14-8-6-4-5-7-9(8)17-11/h4-7H,3H2,1-2H3. The molecule has 0 unspecified atom stereocenters. The van der Waals surface area contributed by atoms with Gasteiger partial charge in [0.05, 0.1) is 6.61 Å². The number of aliphatic imine (C=N–C) groups is 1. The van der Waals surface area contributed by atoms with Crippen molar-refractivity contribution in [2.75, 3.05) is 13.7 Å². The number of esters is 1. The fraction of sp³-hybridized carbons (Fsp3) is 0.250. The fourth-order valence-electron chi connectivity index (χ4n) is 1.45. The monoisotopic (exact) mass is 232 g/mol. The maximum Gasteiger partial charge on any atom is 0.362 e. The number of fused-ring (bicyclic) bond motifs is 1. The van der Waals surface area contributed by atoms with Crippen LogP contribution in [-0.4, -0.2) is 30.3 Å². The van der Waals surface area contributed by atoms with E-state index < -0.39 is 5.97 Å². The molecule has 0 fully saturated rings. The summed E-state index contributed by atoms with van der Waals surface area (Å²) in [5, 5.41) is 0. The van der Waals surface area contributed by atoms with Gasteiger partial charge in [-0.3, -0.25) is 4.99 Å². The highest BCUT2D eigenvalue weighted by atomic mass is 16.5. The first-order chi connectivity index (χ1) is 8.26. The van der Waals surface area contributed by atoms with E-state index in [0.29, 0.717) is 11.1 Å². The van der Waals surface area contributed by atoms with Gasteiger partial charge in [-0.1, -0.05) is 12.1 Å². The molecule has 0 N–H and O–H groups in total. The van der Waals surface area contributed by atoms with Crippen molar-refractivity contribution in [3.05, 3.63) is 30.2 Å². The fourth-order valence-corrected chi connectivity index (χ4v) is 1.45. The van der Waals surface area contributed by atoms with Crippen molar-refractivity contribution in [2.24, 2.45) is 4.99 Å². The van der Waals surface area contributed by atoms with Gasteiger partial charge in [0.1, 0.15) is 5.52 Å². The summed E-state index contributed by atoms with van der Waals surface area (Å²) in [6, 6.07) is 7.28. The number of carbonyl (C=O) groups excluding carboxylic acids is 1. The number of aromatic nitrogens is 1. The largest absolute Gasteiger partial charge is 0.461 e. The molecular formula is C12H12N2O3. The molecule has 0 aliphatic rings. The van der Waals surface area contributed by atoms with E-state index in [1.807, 2.05) is 12.1 Å². The Morgan fingerprint density at radius 3 is 2.88 bits per heavy atom. The van der Waals surface area contributed by atoms with Gasteiger partial charge >= 0.3 is 5.97 Å². The minimum absolute atomic E-state index is 0.100. The van der Waals surface area contributed by atoms with Crippen molar-refractivity contribution in [1.82, 2.24) is 4.98 Å². The Morgan fingerprint density at radius 1 is 1.47 bits per heavy atom. The molecule has 2 aromatic rings. The lowest BCUT2D eigenvalue weighted by Crippen LogP contribution is -2.19. The minimum Gasteiger partial charge on any atom is -0.461 e. The summed E-state index contributed by atoms with van der Waals surface area (Å²) in [5.41, 5.74) is 1.41. The molecule has 1 aromatic heterocycles. The molecule has 1 aromatic carbocycles. The van der Waals surface area contributed by atoms with Crippen LogP contribution in [0.25, 0.3) is 11.1 Å². The Balaban J connectivity index is 2.41. The SMILES string of the molecule is CCOC(=O)C(=NC)c1nc2ccccc2o1. The Hall–Kier alpha value is -2.17. The summed E-state index contributed by atoms with van der Waals surface area (Å²) in [4.78, 5) is 19.6. The van der Waals surface area contributed by atoms with Gasteiger partial charge in [0.25, 0.3) is 5.89 Å². The van der Waals surface area contributed by atoms with Crippen molar-refractivity contribution in [2.45, 2.75) is 6.92 Å². The van der Waals surface area contributed by atoms with Crippen LogP contribution in [0.1, 0.15) is 12.8 Å². The number of carbonyl (C=O) groups is 1. The van der Waals surface area contributed by atoms with Crippen LogP contribution in [0.3, 0.4) is 0 Å². The summed E-state index contributed by atoms with van der Waals surface area (Å²) in [6.45, 7) is 2.02. The molecule has 0 aliphatic carbocycles. The van der Waals surface area contributed by atoms with E-state index in [-0.39, 0.29) is 18.2 Å². The van der Waals surface area contributed by atoms with Crippen LogP contribution in [0.4, 0.5) is 0 Å². The molecule has 0 bridgehead atoms. The van der Waals surface area contributed by atoms with Gasteiger partial charge in [-0.15, -0.1) is 0 Å². The predicted octanol–water partition coefficient (Wildman–Crippen LogP) is 1.81. The summed E-state index contributed by atoms with van der Waals surface area (Å²) >= 11 is 0. The molecule has 2 rings (SSSR count). The highest BCUT2D eigenvalue weighted by molar-refractivity contribution is 6.42. The first-order valence-corrected chi connectivity index (χ1v) is 5.26. The smallest absolute Gasteiger partial charge is 0.362 e. The van der Waals surface area contributed by atoms with E-state index in [1.165, 1.54) is 7.05 Å². The van der Waals surface area contributed by atoms with Crippen LogP contribution in [-0.2, 0) is 9.53 Å². The number of nitrogens with zero attached hydrogens (tertiary/aromatic N) is 2. The van der Waals surface area contributed by atoms with E-state index in [2.05, 4.69) is 9.98 Å². The first-order valence-electron chi connectivity index (χ1n) is 5.26. The minimum atomic E-state index is -0.526. The van der Waals surface area contributed by atoms with Crippen molar-refractivity contribution in [3.8, 4) is 0 Å². The zero-order valence-electron chi connectivity index (χ0n) is 9.64. The third-order valence-electron chi connectivity index (χ3n) is 2.19. The van der Waals surface area contributed by atoms with Gasteiger partial charge in [0.15, 0.2) is 5.58 Å². The zero-order valence-corrected chi connectivity index (χ0v) is 9.64. The molecular weight excluding hydrogens is 220 g/mol. The van der Waals surface area contributed by atoms with Gasteiger partial charge in [-0.05, 0) is 19.1 Å². The molecule has 17 heavy (non-hydrogen) atoms. The van der Waals surface area contributed by atoms with Gasteiger partial charge in [0.2, 0.25) is 5.71 Å². The van der Waals surface area contributed by atoms with Crippen LogP contribution in [0.2, 0.25) is 0 Å². The molecule has 1 heterocycles. The number of oxazole rings is 1. The number of hydrogen-bond donors (Lipinski definition) is 0. The molecule has 0 radical (unpaired) electrons. The number of para-hydroxylation sites is 2. The van der Waals surface area contributed by atoms with Crippen molar-refractivity contribution >= 4 is 22.8 Å². The molecule has 0 spiro atoms. The lowest BCUT2D eigenvalue weighted by atomic mass is 10.3. The number of hydrogen-bond acceptors (Lipinski definition) is 5. The van der Waals surface area contributed by atoms with E-state index in [1.54, 1.807) is 19.1 Å². The first kappa shape index (κ1) is 11.3. The number of ether oxygens (including phenoxy) is 1. The summed E-state index contributed by atoms with van der Waals surface area (Å²) < 4.78 is 10.3. The van der Waals surface area contributed by atoms with Crippen molar-refractivity contribution < 1.29 is 13.9 Å². The highest BCUT2D eigenvalue weighted by Gasteiger charge is 2.20. The molecule has 5 nitrogen and oxygen atoms in total. The van der Waals surface area contributed by atoms with Crippen LogP contribution >= 0.6 is 0 Å². The summed E-state index contributed by atoms with van der Waals surface area (Å²) in [7, 11) is 1.50. The molecule has 0 aliphatic heterocycles. The quantitative estimate of drug-likeness (QED) is 0.598. The van der Waals surface area contributed by atoms with Crippen molar-refractivity contribution in [1.29, 1.82) is 0 Å². The maximum atomic E-state index is 11.6. The third kappa shape index (κ3) is 2.18. The van der Waals surface area contributed by atoms with E-state index in [4.69, 9.17) is 9.15 Å². The van der Waals surface area contributed by atoms with Gasteiger partial charge in [-0.2, -0.15) is 0 Å². The molecule has 0 atom stereocenters. The molecule has 0 saturated carbocycles. The summed E-state index contributed by atoms with van der Waals surface area (Å²) in [5.74, 6) is -0.339. The predicted molar refractivity (Wildman–Crippen MR) is 63.1 cm³/mol. The average Bonchev–Trinajstić information content (AvgIpc) is 2.73. The van der Waals surface area contributed by atoms with Crippen LogP contribution in [0.15, 0.2) is 33.7 Å². The van der Waals surface area contributed by atoms with Crippen LogP contribution in [0.5, 0.6) is 0 Å². The zero-order chi connectivity index (χ0) is 12.3. The Labute approximate surface area is 98.1 Å². The van der Waals surface area contributed by atoms with E-state index in [0.717, 1.165) is 0 Å². The van der Waals surface area contributed by atoms with Crippen molar-refractivity contribution in [3.63, 3.8) is 0 Å². The second-order valence-corrected chi connectivity index (χ2v) is 3.28. The Kier molecular flexibility index (Phi) is 3.18. The lowest BCUT2D eigenvalue weighted by Gasteiger charge is -2.00. The molecule has 88 valence electrons. The summed E-state index contributed by atoms with van der Waals surface area (Å²) in [6.07, 6.45) is 0. The Morgan fingerprint density at radius 2 is 2.24 bits per heavy atom. The topological polar surface area (TPSA) is 64.7 Å². The molecule has 0 saturated heterocycles. The van der Waals surface area contributed by atoms with Gasteiger partial charge < -0.3 is 9.15 Å². The van der Waals surface area contributed by atoms with E-state index in [9.17, 15) is 4.79 Å². The molecule has 5 heteroatoms.